The molecular weight excluding hydrogens is 556 g/mol. The second kappa shape index (κ2) is 12.7. The fraction of sp³-hybridized carbons (Fsp3) is 0.259. The number of nitrogens with zero attached hydrogens (tertiary/aromatic N) is 3. The molecule has 13 nitrogen and oxygen atoms in total. The van der Waals surface area contributed by atoms with E-state index in [1.165, 1.54) is 62.2 Å². The molecule has 0 atom stereocenters. The van der Waals surface area contributed by atoms with Crippen molar-refractivity contribution in [1.29, 1.82) is 0 Å². The van der Waals surface area contributed by atoms with Gasteiger partial charge in [-0.1, -0.05) is 0 Å². The average molecular weight is 585 g/mol. The predicted octanol–water partition coefficient (Wildman–Crippen LogP) is 4.07. The van der Waals surface area contributed by atoms with Gasteiger partial charge in [0.1, 0.15) is 17.2 Å². The number of hydrogen-bond donors (Lipinski definition) is 1. The number of sulfonamides is 1. The van der Waals surface area contributed by atoms with Crippen LogP contribution in [0, 0.1) is 10.1 Å². The Balaban J connectivity index is 1.49. The standard InChI is InChI=1S/C27H28N4O9S/c1-37-20-13-19(14-21(15-20)38-2)27(32)40-25-9-6-18(12-26(25)39-3)17-28-29-23-8-7-22(16-24(23)31(33)34)41(35,36)30-10-4-5-11-30/h6-9,12-17,29H,4-5,10-11H2,1-3H3/b28-17-. The molecule has 1 saturated heterocycles. The maximum atomic E-state index is 12.8. The summed E-state index contributed by atoms with van der Waals surface area (Å²) in [4.78, 5) is 23.6. The van der Waals surface area contributed by atoms with Crippen molar-refractivity contribution >= 4 is 33.6 Å². The molecule has 14 heteroatoms. The summed E-state index contributed by atoms with van der Waals surface area (Å²) in [5, 5.41) is 15.7. The van der Waals surface area contributed by atoms with Crippen molar-refractivity contribution in [1.82, 2.24) is 4.31 Å². The number of carbonyl (C=O) groups is 1. The highest BCUT2D eigenvalue weighted by Crippen LogP contribution is 2.32. The summed E-state index contributed by atoms with van der Waals surface area (Å²) >= 11 is 0. The van der Waals surface area contributed by atoms with E-state index in [2.05, 4.69) is 10.5 Å². The van der Waals surface area contributed by atoms with E-state index in [9.17, 15) is 23.3 Å². The first-order chi connectivity index (χ1) is 19.7. The lowest BCUT2D eigenvalue weighted by molar-refractivity contribution is -0.384. The molecule has 41 heavy (non-hydrogen) atoms. The van der Waals surface area contributed by atoms with Crippen LogP contribution in [0.1, 0.15) is 28.8 Å². The Hall–Kier alpha value is -4.69. The highest BCUT2D eigenvalue weighted by Gasteiger charge is 2.29. The van der Waals surface area contributed by atoms with Crippen molar-refractivity contribution in [2.24, 2.45) is 5.10 Å². The van der Waals surface area contributed by atoms with Crippen LogP contribution < -0.4 is 24.4 Å². The summed E-state index contributed by atoms with van der Waals surface area (Å²) in [6.45, 7) is 0.773. The van der Waals surface area contributed by atoms with Crippen LogP contribution in [-0.4, -0.2) is 64.2 Å². The largest absolute Gasteiger partial charge is 0.497 e. The number of rotatable bonds is 11. The topological polar surface area (TPSA) is 159 Å². The molecule has 0 spiro atoms. The number of methoxy groups -OCH3 is 3. The van der Waals surface area contributed by atoms with Crippen LogP contribution in [0.2, 0.25) is 0 Å². The number of ether oxygens (including phenoxy) is 4. The zero-order valence-electron chi connectivity index (χ0n) is 22.5. The van der Waals surface area contributed by atoms with Crippen LogP contribution in [0.4, 0.5) is 11.4 Å². The van der Waals surface area contributed by atoms with Gasteiger partial charge in [0.15, 0.2) is 11.5 Å². The predicted molar refractivity (Wildman–Crippen MR) is 150 cm³/mol. The molecule has 1 heterocycles. The van der Waals surface area contributed by atoms with Gasteiger partial charge in [-0.15, -0.1) is 0 Å². The van der Waals surface area contributed by atoms with Crippen LogP contribution in [0.15, 0.2) is 64.6 Å². The Bertz CT molecular complexity index is 1560. The van der Waals surface area contributed by atoms with E-state index < -0.39 is 26.6 Å². The average Bonchev–Trinajstić information content (AvgIpc) is 3.53. The van der Waals surface area contributed by atoms with Crippen molar-refractivity contribution in [3.63, 3.8) is 0 Å². The van der Waals surface area contributed by atoms with Gasteiger partial charge in [-0.3, -0.25) is 15.5 Å². The van der Waals surface area contributed by atoms with E-state index in [0.717, 1.165) is 18.9 Å². The minimum Gasteiger partial charge on any atom is -0.497 e. The lowest BCUT2D eigenvalue weighted by Crippen LogP contribution is -2.27. The molecule has 1 aliphatic rings. The van der Waals surface area contributed by atoms with Gasteiger partial charge in [0.05, 0.1) is 42.9 Å². The summed E-state index contributed by atoms with van der Waals surface area (Å²) in [6.07, 6.45) is 2.88. The number of nitrogens with one attached hydrogen (secondary N) is 1. The number of hydrogen-bond acceptors (Lipinski definition) is 11. The van der Waals surface area contributed by atoms with Crippen LogP contribution in [0.5, 0.6) is 23.0 Å². The number of esters is 1. The number of benzene rings is 3. The van der Waals surface area contributed by atoms with E-state index in [1.807, 2.05) is 0 Å². The van der Waals surface area contributed by atoms with Gasteiger partial charge in [-0.2, -0.15) is 9.41 Å². The van der Waals surface area contributed by atoms with Crippen molar-refractivity contribution in [2.45, 2.75) is 17.7 Å². The molecular formula is C27H28N4O9S. The molecule has 0 amide bonds. The van der Waals surface area contributed by atoms with E-state index in [4.69, 9.17) is 18.9 Å². The Labute approximate surface area is 236 Å². The molecule has 3 aromatic carbocycles. The normalized spacial score (nSPS) is 13.6. The minimum atomic E-state index is -3.82. The Kier molecular flexibility index (Phi) is 9.04. The summed E-state index contributed by atoms with van der Waals surface area (Å²) in [5.41, 5.74) is 2.89. The molecule has 0 unspecified atom stereocenters. The number of nitro benzene ring substituents is 1. The molecule has 0 aromatic heterocycles. The third-order valence-electron chi connectivity index (χ3n) is 6.24. The van der Waals surface area contributed by atoms with Gasteiger partial charge in [0, 0.05) is 25.2 Å². The summed E-state index contributed by atoms with van der Waals surface area (Å²) < 4.78 is 48.2. The Morgan fingerprint density at radius 3 is 2.24 bits per heavy atom. The molecule has 4 rings (SSSR count). The second-order valence-electron chi connectivity index (χ2n) is 8.82. The van der Waals surface area contributed by atoms with E-state index in [0.29, 0.717) is 30.2 Å². The molecule has 216 valence electrons. The lowest BCUT2D eigenvalue weighted by atomic mass is 10.2. The van der Waals surface area contributed by atoms with Gasteiger partial charge in [0.25, 0.3) is 5.69 Å². The first-order valence-electron chi connectivity index (χ1n) is 12.4. The first kappa shape index (κ1) is 29.3. The molecule has 1 aliphatic heterocycles. The number of nitro groups is 1. The fourth-order valence-corrected chi connectivity index (χ4v) is 5.64. The zero-order chi connectivity index (χ0) is 29.6. The maximum absolute atomic E-state index is 12.8. The second-order valence-corrected chi connectivity index (χ2v) is 10.8. The Morgan fingerprint density at radius 2 is 1.63 bits per heavy atom. The summed E-state index contributed by atoms with van der Waals surface area (Å²) in [7, 11) is 0.519. The van der Waals surface area contributed by atoms with Gasteiger partial charge >= 0.3 is 5.97 Å². The zero-order valence-corrected chi connectivity index (χ0v) is 23.3. The van der Waals surface area contributed by atoms with E-state index in [-0.39, 0.29) is 27.6 Å². The fourth-order valence-electron chi connectivity index (χ4n) is 4.10. The molecule has 0 aliphatic carbocycles. The SMILES string of the molecule is COc1cc(OC)cc(C(=O)Oc2ccc(/C=N\Nc3ccc(S(=O)(=O)N4CCCC4)cc3[N+](=O)[O-])cc2OC)c1. The van der Waals surface area contributed by atoms with Crippen molar-refractivity contribution < 1.29 is 37.1 Å². The smallest absolute Gasteiger partial charge is 0.343 e. The van der Waals surface area contributed by atoms with Crippen molar-refractivity contribution in [2.75, 3.05) is 39.8 Å². The van der Waals surface area contributed by atoms with Crippen LogP contribution in [-0.2, 0) is 10.0 Å². The van der Waals surface area contributed by atoms with Crippen molar-refractivity contribution in [3.05, 3.63) is 75.8 Å². The molecule has 0 bridgehead atoms. The van der Waals surface area contributed by atoms with Crippen LogP contribution in [0.3, 0.4) is 0 Å². The quantitative estimate of drug-likeness (QED) is 0.114. The lowest BCUT2D eigenvalue weighted by Gasteiger charge is -2.15. The van der Waals surface area contributed by atoms with Gasteiger partial charge in [-0.25, -0.2) is 13.2 Å². The molecule has 0 radical (unpaired) electrons. The number of anilines is 1. The number of hydrazone groups is 1. The van der Waals surface area contributed by atoms with Gasteiger partial charge < -0.3 is 18.9 Å². The minimum absolute atomic E-state index is 0.0119. The monoisotopic (exact) mass is 584 g/mol. The van der Waals surface area contributed by atoms with E-state index in [1.54, 1.807) is 18.2 Å². The third kappa shape index (κ3) is 6.73. The maximum Gasteiger partial charge on any atom is 0.343 e. The molecule has 0 saturated carbocycles. The van der Waals surface area contributed by atoms with Gasteiger partial charge in [0.2, 0.25) is 10.0 Å². The van der Waals surface area contributed by atoms with Crippen LogP contribution >= 0.6 is 0 Å². The molecule has 3 aromatic rings. The van der Waals surface area contributed by atoms with Crippen LogP contribution in [0.25, 0.3) is 0 Å². The third-order valence-corrected chi connectivity index (χ3v) is 8.14. The Morgan fingerprint density at radius 1 is 0.951 bits per heavy atom. The van der Waals surface area contributed by atoms with Crippen molar-refractivity contribution in [3.8, 4) is 23.0 Å². The molecule has 1 fully saturated rings. The highest BCUT2D eigenvalue weighted by atomic mass is 32.2. The first-order valence-corrected chi connectivity index (χ1v) is 13.8. The summed E-state index contributed by atoms with van der Waals surface area (Å²) in [5.74, 6) is 0.566. The molecule has 1 N–H and O–H groups in total. The number of carbonyl (C=O) groups excluding carboxylic acids is 1. The van der Waals surface area contributed by atoms with Gasteiger partial charge in [-0.05, 0) is 60.9 Å². The summed E-state index contributed by atoms with van der Waals surface area (Å²) in [6, 6.07) is 12.9. The van der Waals surface area contributed by atoms with E-state index >= 15 is 0 Å². The highest BCUT2D eigenvalue weighted by molar-refractivity contribution is 7.89.